The molecule has 0 unspecified atom stereocenters. The zero-order valence-corrected chi connectivity index (χ0v) is 81.7. The summed E-state index contributed by atoms with van der Waals surface area (Å²) in [5.74, 6) is 0. The van der Waals surface area contributed by atoms with E-state index < -0.39 is 0 Å². The third-order valence-corrected chi connectivity index (χ3v) is 31.4. The van der Waals surface area contributed by atoms with Crippen LogP contribution in [-0.4, -0.2) is 32.4 Å². The van der Waals surface area contributed by atoms with Gasteiger partial charge < -0.3 is 27.4 Å². The molecular formula is C143H91N7. The second-order valence-corrected chi connectivity index (χ2v) is 39.5. The molecule has 0 saturated heterocycles. The van der Waals surface area contributed by atoms with Crippen molar-refractivity contribution in [3.05, 3.63) is 552 Å². The average molecular weight is 1910 g/mol. The van der Waals surface area contributed by atoms with E-state index in [1.165, 1.54) is 268 Å². The van der Waals surface area contributed by atoms with Crippen molar-refractivity contribution < 1.29 is 0 Å². The summed E-state index contributed by atoms with van der Waals surface area (Å²) in [5.41, 5.74) is 33.6. The molecule has 0 aliphatic rings. The number of fused-ring (bicyclic) bond motifs is 30. The third kappa shape index (κ3) is 13.9. The molecule has 150 heavy (non-hydrogen) atoms. The van der Waals surface area contributed by atoms with Gasteiger partial charge in [-0.15, -0.1) is 0 Å². The summed E-state index contributed by atoms with van der Waals surface area (Å²) in [5, 5.41) is 30.5. The van der Waals surface area contributed by atoms with Gasteiger partial charge in [-0.25, -0.2) is 0 Å². The summed E-state index contributed by atoms with van der Waals surface area (Å²) in [6.07, 6.45) is 3.72. The van der Waals surface area contributed by atoms with E-state index in [9.17, 15) is 0 Å². The molecule has 0 spiro atoms. The van der Waals surface area contributed by atoms with E-state index in [2.05, 4.69) is 572 Å². The molecule has 0 saturated carbocycles. The lowest BCUT2D eigenvalue weighted by molar-refractivity contribution is 1.16. The number of hydrogen-bond donors (Lipinski definition) is 0. The van der Waals surface area contributed by atoms with Crippen LogP contribution in [0.3, 0.4) is 0 Å². The van der Waals surface area contributed by atoms with Crippen LogP contribution in [-0.2, 0) is 0 Å². The molecule has 0 aliphatic carbocycles. The Morgan fingerprint density at radius 1 is 0.0933 bits per heavy atom. The van der Waals surface area contributed by atoms with E-state index in [1.54, 1.807) is 0 Å². The maximum atomic E-state index is 4.26. The molecule has 32 rings (SSSR count). The smallest absolute Gasteiger partial charge is 0.0541 e. The summed E-state index contributed by atoms with van der Waals surface area (Å²) in [6, 6.07) is 197. The number of benzene rings is 25. The van der Waals surface area contributed by atoms with E-state index >= 15 is 0 Å². The molecule has 0 amide bonds. The maximum absolute atomic E-state index is 4.26. The molecule has 0 fully saturated rings. The fraction of sp³-hybridized carbons (Fsp3) is 0. The highest BCUT2D eigenvalue weighted by atomic mass is 15.0. The lowest BCUT2D eigenvalue weighted by Crippen LogP contribution is -1.94. The zero-order chi connectivity index (χ0) is 98.5. The van der Waals surface area contributed by atoms with Gasteiger partial charge in [-0.3, -0.25) is 4.98 Å². The molecule has 7 aromatic heterocycles. The molecule has 0 radical (unpaired) electrons. The highest BCUT2D eigenvalue weighted by Gasteiger charge is 2.25. The van der Waals surface area contributed by atoms with Crippen LogP contribution in [0, 0.1) is 0 Å². The normalized spacial score (nSPS) is 11.9. The first kappa shape index (κ1) is 85.6. The number of aromatic nitrogens is 7. The molecule has 698 valence electrons. The fourth-order valence-electron chi connectivity index (χ4n) is 24.6. The summed E-state index contributed by atoms with van der Waals surface area (Å²) < 4.78 is 14.4. The summed E-state index contributed by atoms with van der Waals surface area (Å²) in [6.45, 7) is 0. The Bertz CT molecular complexity index is 10600. The van der Waals surface area contributed by atoms with E-state index in [1.807, 2.05) is 12.4 Å². The predicted octanol–water partition coefficient (Wildman–Crippen LogP) is 38.3. The first-order chi connectivity index (χ1) is 74.4. The highest BCUT2D eigenvalue weighted by Crippen LogP contribution is 2.48. The first-order valence-electron chi connectivity index (χ1n) is 51.6. The molecule has 7 nitrogen and oxygen atoms in total. The molecule has 7 heterocycles. The molecule has 0 N–H and O–H groups in total. The van der Waals surface area contributed by atoms with Crippen LogP contribution in [0.15, 0.2) is 552 Å². The average Bonchev–Trinajstić information content (AvgIpc) is 1.72. The molecule has 32 aromatic rings. The van der Waals surface area contributed by atoms with E-state index in [-0.39, 0.29) is 0 Å². The number of nitrogens with zero attached hydrogens (tertiary/aromatic N) is 7. The van der Waals surface area contributed by atoms with E-state index in [0.717, 1.165) is 17.1 Å². The first-order valence-corrected chi connectivity index (χ1v) is 51.6. The van der Waals surface area contributed by atoms with Gasteiger partial charge in [-0.05, 0) is 302 Å². The molecule has 25 aromatic carbocycles. The maximum Gasteiger partial charge on any atom is 0.0541 e. The van der Waals surface area contributed by atoms with Crippen molar-refractivity contribution in [2.75, 3.05) is 0 Å². The molecular weight excluding hydrogens is 1820 g/mol. The Kier molecular flexibility index (Phi) is 19.9. The minimum atomic E-state index is 1.11. The van der Waals surface area contributed by atoms with Crippen molar-refractivity contribution in [2.45, 2.75) is 0 Å². The number of hydrogen-bond acceptors (Lipinski definition) is 1. The fourth-order valence-corrected chi connectivity index (χ4v) is 24.6. The van der Waals surface area contributed by atoms with Crippen molar-refractivity contribution in [3.63, 3.8) is 0 Å². The van der Waals surface area contributed by atoms with Crippen LogP contribution < -0.4 is 0 Å². The molecule has 0 aliphatic heterocycles. The predicted molar refractivity (Wildman–Crippen MR) is 635 cm³/mol. The number of pyridine rings is 1. The van der Waals surface area contributed by atoms with Crippen LogP contribution in [0.2, 0.25) is 0 Å². The quantitative estimate of drug-likeness (QED) is 0.119. The molecule has 7 heteroatoms. The summed E-state index contributed by atoms with van der Waals surface area (Å²) in [7, 11) is 0. The second-order valence-electron chi connectivity index (χ2n) is 39.5. The minimum absolute atomic E-state index is 1.11. The van der Waals surface area contributed by atoms with Gasteiger partial charge in [0.15, 0.2) is 0 Å². The Balaban J connectivity index is 0.000000103. The monoisotopic (exact) mass is 1910 g/mol. The molecule has 0 bridgehead atoms. The van der Waals surface area contributed by atoms with Gasteiger partial charge in [0.1, 0.15) is 0 Å². The number of rotatable bonds is 11. The Labute approximate surface area is 863 Å². The minimum Gasteiger partial charge on any atom is -0.309 e. The second kappa shape index (κ2) is 34.9. The Morgan fingerprint density at radius 2 is 0.273 bits per heavy atom. The van der Waals surface area contributed by atoms with Crippen molar-refractivity contribution in [3.8, 4) is 89.8 Å². The van der Waals surface area contributed by atoms with E-state index in [0.29, 0.717) is 0 Å². The van der Waals surface area contributed by atoms with Gasteiger partial charge in [0, 0.05) is 111 Å². The van der Waals surface area contributed by atoms with Gasteiger partial charge in [-0.1, -0.05) is 358 Å². The number of para-hydroxylation sites is 7. The Morgan fingerprint density at radius 3 is 0.573 bits per heavy atom. The van der Waals surface area contributed by atoms with Crippen LogP contribution in [0.5, 0.6) is 0 Å². The van der Waals surface area contributed by atoms with Gasteiger partial charge >= 0.3 is 0 Å². The van der Waals surface area contributed by atoms with Crippen molar-refractivity contribution in [1.29, 1.82) is 0 Å². The van der Waals surface area contributed by atoms with Crippen LogP contribution >= 0.6 is 0 Å². The van der Waals surface area contributed by atoms with Crippen molar-refractivity contribution >= 4 is 195 Å². The van der Waals surface area contributed by atoms with Gasteiger partial charge in [0.2, 0.25) is 0 Å². The lowest BCUT2D eigenvalue weighted by Gasteiger charge is -2.14. The standard InChI is InChI=1S/C48H30N2.C48H32N2.C47H29N3/c1-2-12-33(13-3-1)49-45-20-10-8-18-40(45)43-28-31(22-26-47(43)49)32-23-27-48-44(29-32)41-19-9-11-21-46(41)50(48)34-24-25-39-37-16-5-4-14-35(37)36-15-6-7-17-38(36)42(39)30-34;1-3-12-33(13-4-1)35-22-26-39(27-23-35)49-45-20-9-7-18-41(45)43-31-37(24-28-47(43)49)38-25-29-48-44(32-38)42-19-8-10-21-46(42)50(48)40-17-11-16-36(30-40)34-14-5-2-6-15-34;1-2-11-36-34(9-1)35-10-3-4-12-37(35)41-29-33(19-20-38(36)41)50-45-16-8-6-14-40(45)43-28-31(18-22-47(43)50)30-17-21-46-42(27-30)39-13-5-7-15-44(39)49(46)32-23-25-48-26-24-32/h1-30H;1-32H;1-29H. The van der Waals surface area contributed by atoms with Crippen molar-refractivity contribution in [2.24, 2.45) is 0 Å². The zero-order valence-electron chi connectivity index (χ0n) is 81.7. The van der Waals surface area contributed by atoms with E-state index in [4.69, 9.17) is 0 Å². The van der Waals surface area contributed by atoms with Gasteiger partial charge in [0.25, 0.3) is 0 Å². The SMILES string of the molecule is c1ccc(-c2ccc(-n3c4ccccc4c4cc(-c5ccc6c(c5)c5ccccc5n6-c5cccc(-c6ccccc6)c5)ccc43)cc2)cc1.c1ccc(-n2c3ccccc3c3cc(-c4ccc5c(c4)c4ccccc4n5-c4ccc5c6ccccc6c6ccccc6c5c4)ccc32)cc1.c1ccc2c(c1)c1ccccc1c1cc(-n3c4ccccc4c4cc(-c5ccc6c(c5)c5ccccc5n6-c5ccncc5)ccc43)ccc21. The van der Waals surface area contributed by atoms with Crippen molar-refractivity contribution in [1.82, 2.24) is 32.4 Å². The largest absolute Gasteiger partial charge is 0.309 e. The summed E-state index contributed by atoms with van der Waals surface area (Å²) in [4.78, 5) is 4.26. The topological polar surface area (TPSA) is 42.5 Å². The Hall–Kier alpha value is -20.0. The van der Waals surface area contributed by atoms with Gasteiger partial charge in [-0.2, -0.15) is 0 Å². The molecule has 0 atom stereocenters. The van der Waals surface area contributed by atoms with Gasteiger partial charge in [0.05, 0.1) is 66.2 Å². The van der Waals surface area contributed by atoms with Crippen LogP contribution in [0.25, 0.3) is 285 Å². The van der Waals surface area contributed by atoms with Crippen LogP contribution in [0.1, 0.15) is 0 Å². The third-order valence-electron chi connectivity index (χ3n) is 31.4. The van der Waals surface area contributed by atoms with Crippen LogP contribution in [0.4, 0.5) is 0 Å². The summed E-state index contributed by atoms with van der Waals surface area (Å²) >= 11 is 0. The highest BCUT2D eigenvalue weighted by molar-refractivity contribution is 6.28. The lowest BCUT2D eigenvalue weighted by atomic mass is 9.94.